The largest absolute Gasteiger partial charge is 0.309 e. The summed E-state index contributed by atoms with van der Waals surface area (Å²) in [7, 11) is 0. The Kier molecular flexibility index (Phi) is 12.9. The Labute approximate surface area is 542 Å². The second-order valence-corrected chi connectivity index (χ2v) is 24.3. The molecule has 0 radical (unpaired) electrons. The molecule has 0 aliphatic rings. The molecule has 0 unspecified atom stereocenters. The summed E-state index contributed by atoms with van der Waals surface area (Å²) in [6.45, 7) is 0. The lowest BCUT2D eigenvalue weighted by atomic mass is 9.95. The number of aromatic nitrogens is 2. The number of nitrogens with zero attached hydrogens (tertiary/aromatic N) is 4. The summed E-state index contributed by atoms with van der Waals surface area (Å²) < 4.78 is 41.1. The van der Waals surface area contributed by atoms with Gasteiger partial charge in [0.2, 0.25) is 0 Å². The van der Waals surface area contributed by atoms with Crippen molar-refractivity contribution in [3.05, 3.63) is 351 Å². The molecule has 94 heavy (non-hydrogen) atoms. The molecule has 0 aliphatic carbocycles. The van der Waals surface area contributed by atoms with Crippen LogP contribution in [0.15, 0.2) is 340 Å². The fourth-order valence-electron chi connectivity index (χ4n) is 14.7. The number of benzene rings is 16. The highest BCUT2D eigenvalue weighted by Gasteiger charge is 2.29. The average Bonchev–Trinajstić information content (AvgIpc) is 1.55. The Balaban J connectivity index is 0.817. The molecular formula is C88H56F2N4. The van der Waals surface area contributed by atoms with Crippen molar-refractivity contribution in [2.45, 2.75) is 0 Å². The molecule has 18 aromatic rings. The van der Waals surface area contributed by atoms with Crippen LogP contribution in [0.4, 0.5) is 42.9 Å². The molecule has 442 valence electrons. The third-order valence-corrected chi connectivity index (χ3v) is 18.9. The number of halogens is 2. The van der Waals surface area contributed by atoms with Gasteiger partial charge in [-0.3, -0.25) is 0 Å². The van der Waals surface area contributed by atoms with Crippen LogP contribution < -0.4 is 9.80 Å². The minimum Gasteiger partial charge on any atom is -0.309 e. The second-order valence-electron chi connectivity index (χ2n) is 24.3. The first-order chi connectivity index (χ1) is 46.5. The van der Waals surface area contributed by atoms with Gasteiger partial charge in [-0.25, -0.2) is 8.78 Å². The summed E-state index contributed by atoms with van der Waals surface area (Å²) in [6, 6.07) is 117. The van der Waals surface area contributed by atoms with E-state index in [1.165, 1.54) is 10.8 Å². The van der Waals surface area contributed by atoms with E-state index in [0.717, 1.165) is 144 Å². The van der Waals surface area contributed by atoms with Gasteiger partial charge in [0.1, 0.15) is 11.6 Å². The molecule has 2 heterocycles. The fourth-order valence-corrected chi connectivity index (χ4v) is 14.7. The number of para-hydroxylation sites is 2. The quantitative estimate of drug-likeness (QED) is 0.107. The van der Waals surface area contributed by atoms with Gasteiger partial charge in [0, 0.05) is 66.8 Å². The molecule has 0 spiro atoms. The smallest absolute Gasteiger partial charge is 0.148 e. The third-order valence-electron chi connectivity index (χ3n) is 18.9. The van der Waals surface area contributed by atoms with Crippen molar-refractivity contribution in [2.75, 3.05) is 9.80 Å². The minimum absolute atomic E-state index is 0.355. The molecule has 0 fully saturated rings. The van der Waals surface area contributed by atoms with Crippen molar-refractivity contribution < 1.29 is 8.78 Å². The van der Waals surface area contributed by atoms with Crippen molar-refractivity contribution in [1.82, 2.24) is 9.13 Å². The molecule has 0 bridgehead atoms. The molecule has 2 aromatic heterocycles. The van der Waals surface area contributed by atoms with E-state index in [1.54, 1.807) is 12.1 Å². The fraction of sp³-hybridized carbons (Fsp3) is 0. The van der Waals surface area contributed by atoms with Crippen molar-refractivity contribution in [2.24, 2.45) is 0 Å². The minimum atomic E-state index is -0.355. The van der Waals surface area contributed by atoms with Crippen LogP contribution >= 0.6 is 0 Å². The van der Waals surface area contributed by atoms with Gasteiger partial charge in [-0.2, -0.15) is 0 Å². The number of hydrogen-bond donors (Lipinski definition) is 0. The number of hydrogen-bond acceptors (Lipinski definition) is 2. The monoisotopic (exact) mass is 1210 g/mol. The molecule has 0 atom stereocenters. The first kappa shape index (κ1) is 54.5. The predicted molar refractivity (Wildman–Crippen MR) is 389 cm³/mol. The summed E-state index contributed by atoms with van der Waals surface area (Å²) in [6.07, 6.45) is 0. The lowest BCUT2D eigenvalue weighted by molar-refractivity contribution is 0.629. The van der Waals surface area contributed by atoms with Crippen LogP contribution in [0.25, 0.3) is 132 Å². The number of rotatable bonds is 13. The molecule has 0 N–H and O–H groups in total. The van der Waals surface area contributed by atoms with Gasteiger partial charge >= 0.3 is 0 Å². The zero-order chi connectivity index (χ0) is 62.4. The summed E-state index contributed by atoms with van der Waals surface area (Å²) in [5, 5.41) is 9.13. The summed E-state index contributed by atoms with van der Waals surface area (Å²) >= 11 is 0. The molecule has 6 heteroatoms. The zero-order valence-electron chi connectivity index (χ0n) is 50.9. The second kappa shape index (κ2) is 22.2. The van der Waals surface area contributed by atoms with E-state index in [2.05, 4.69) is 237 Å². The van der Waals surface area contributed by atoms with Crippen molar-refractivity contribution >= 4 is 99.3 Å². The summed E-state index contributed by atoms with van der Waals surface area (Å²) in [5.74, 6) is -0.709. The van der Waals surface area contributed by atoms with E-state index in [0.29, 0.717) is 11.4 Å². The lowest BCUT2D eigenvalue weighted by Crippen LogP contribution is -2.14. The van der Waals surface area contributed by atoms with Crippen LogP contribution in [0.2, 0.25) is 0 Å². The van der Waals surface area contributed by atoms with Crippen LogP contribution in [-0.4, -0.2) is 9.13 Å². The summed E-state index contributed by atoms with van der Waals surface area (Å²) in [4.78, 5) is 4.20. The van der Waals surface area contributed by atoms with Crippen LogP contribution in [-0.2, 0) is 0 Å². The van der Waals surface area contributed by atoms with Crippen LogP contribution in [0, 0.1) is 11.6 Å². The average molecular weight is 1210 g/mol. The Morgan fingerprint density at radius 2 is 0.532 bits per heavy atom. The highest BCUT2D eigenvalue weighted by Crippen LogP contribution is 2.51. The summed E-state index contributed by atoms with van der Waals surface area (Å²) in [5.41, 5.74) is 19.0. The van der Waals surface area contributed by atoms with E-state index in [1.807, 2.05) is 109 Å². The highest BCUT2D eigenvalue weighted by molar-refractivity contribution is 6.26. The first-order valence-corrected chi connectivity index (χ1v) is 31.8. The maximum atomic E-state index is 18.2. The first-order valence-electron chi connectivity index (χ1n) is 31.8. The Bertz CT molecular complexity index is 5470. The molecule has 0 amide bonds. The van der Waals surface area contributed by atoms with E-state index >= 15 is 8.78 Å². The van der Waals surface area contributed by atoms with E-state index < -0.39 is 0 Å². The van der Waals surface area contributed by atoms with Crippen molar-refractivity contribution in [3.8, 4) is 67.0 Å². The van der Waals surface area contributed by atoms with Gasteiger partial charge in [0.05, 0.1) is 33.4 Å². The van der Waals surface area contributed by atoms with Crippen molar-refractivity contribution in [1.29, 1.82) is 0 Å². The van der Waals surface area contributed by atoms with E-state index in [-0.39, 0.29) is 11.6 Å². The normalized spacial score (nSPS) is 11.7. The number of anilines is 6. The Morgan fingerprint density at radius 1 is 0.213 bits per heavy atom. The Morgan fingerprint density at radius 3 is 0.904 bits per heavy atom. The molecule has 4 nitrogen and oxygen atoms in total. The maximum Gasteiger partial charge on any atom is 0.148 e. The molecule has 0 saturated carbocycles. The van der Waals surface area contributed by atoms with Gasteiger partial charge in [0.25, 0.3) is 0 Å². The standard InChI is InChI=1S/C88H56F2N4/c89-77-53-67(57-21-7-1-8-22-57)51-75(61-25-11-3-12-26-61)87(77)91(73-49-65-39-37-63-29-19-35-79-83(63)85(65)81(55-73)93(79)69-31-15-5-16-32-69)71-45-41-59(42-46-71)60-43-47-72(48-44-60)92(88-76(62-27-13-4-14-28-62)52-68(54-78(88)90)58-23-9-2-10-24-58)74-50-66-40-38-64-30-20-36-80-84(64)86(66)82(56-74)94(80)70-33-17-6-18-34-70/h1-56H. The lowest BCUT2D eigenvalue weighted by Gasteiger charge is -2.30. The Hall–Kier alpha value is -12.4. The van der Waals surface area contributed by atoms with E-state index in [4.69, 9.17) is 0 Å². The zero-order valence-corrected chi connectivity index (χ0v) is 50.9. The highest BCUT2D eigenvalue weighted by atomic mass is 19.1. The van der Waals surface area contributed by atoms with E-state index in [9.17, 15) is 0 Å². The molecule has 18 rings (SSSR count). The van der Waals surface area contributed by atoms with Gasteiger partial charge in [-0.1, -0.05) is 231 Å². The maximum absolute atomic E-state index is 18.2. The van der Waals surface area contributed by atoms with Crippen LogP contribution in [0.3, 0.4) is 0 Å². The predicted octanol–water partition coefficient (Wildman–Crippen LogP) is 24.6. The van der Waals surface area contributed by atoms with Gasteiger partial charge in [-0.15, -0.1) is 0 Å². The van der Waals surface area contributed by atoms with Gasteiger partial charge in [0.15, 0.2) is 0 Å². The molecule has 16 aromatic carbocycles. The molecular weight excluding hydrogens is 1150 g/mol. The van der Waals surface area contributed by atoms with Gasteiger partial charge < -0.3 is 18.9 Å². The van der Waals surface area contributed by atoms with Crippen LogP contribution in [0.5, 0.6) is 0 Å². The van der Waals surface area contributed by atoms with Crippen molar-refractivity contribution in [3.63, 3.8) is 0 Å². The molecule has 0 aliphatic heterocycles. The third kappa shape index (κ3) is 9.02. The topological polar surface area (TPSA) is 16.3 Å². The SMILES string of the molecule is Fc1cc(-c2ccccc2)cc(-c2ccccc2)c1N(c1ccc(-c2ccc(N(c3cc4ccc5cccc6c5c4c(c3)n6-c3ccccc3)c3c(F)cc(-c4ccccc4)cc3-c3ccccc3)cc2)cc1)c1cc2ccc3cccc4c3c2c(c1)n4-c1ccccc1. The molecule has 0 saturated heterocycles. The van der Waals surface area contributed by atoms with Gasteiger partial charge in [-0.05, 0) is 175 Å². The van der Waals surface area contributed by atoms with Crippen LogP contribution in [0.1, 0.15) is 0 Å².